The topological polar surface area (TPSA) is 21.3 Å². The standard InChI is InChI=1S/C14H21NO/c1-5-9-16-14-10-11(3)7-8-13(14)12(4)15-6-2/h5,7-8,10,12,15H,1,6,9H2,2-4H3. The third-order valence-corrected chi connectivity index (χ3v) is 2.50. The summed E-state index contributed by atoms with van der Waals surface area (Å²) in [6.45, 7) is 11.5. The third-order valence-electron chi connectivity index (χ3n) is 2.50. The maximum Gasteiger partial charge on any atom is 0.124 e. The van der Waals surface area contributed by atoms with Crippen molar-refractivity contribution in [3.05, 3.63) is 42.0 Å². The predicted molar refractivity (Wildman–Crippen MR) is 69.0 cm³/mol. The Morgan fingerprint density at radius 3 is 2.88 bits per heavy atom. The molecule has 0 fully saturated rings. The molecule has 0 amide bonds. The molecule has 0 aliphatic heterocycles. The molecule has 0 saturated carbocycles. The van der Waals surface area contributed by atoms with Crippen molar-refractivity contribution in [2.45, 2.75) is 26.8 Å². The van der Waals surface area contributed by atoms with E-state index in [0.29, 0.717) is 12.6 Å². The van der Waals surface area contributed by atoms with Gasteiger partial charge < -0.3 is 10.1 Å². The molecular formula is C14H21NO. The van der Waals surface area contributed by atoms with Gasteiger partial charge in [0.15, 0.2) is 0 Å². The molecule has 88 valence electrons. The molecular weight excluding hydrogens is 198 g/mol. The summed E-state index contributed by atoms with van der Waals surface area (Å²) in [5.41, 5.74) is 2.42. The molecule has 0 saturated heterocycles. The van der Waals surface area contributed by atoms with E-state index in [9.17, 15) is 0 Å². The molecule has 1 N–H and O–H groups in total. The summed E-state index contributed by atoms with van der Waals surface area (Å²) < 4.78 is 5.68. The first-order valence-electron chi connectivity index (χ1n) is 5.76. The van der Waals surface area contributed by atoms with Crippen molar-refractivity contribution >= 4 is 0 Å². The average Bonchev–Trinajstić information content (AvgIpc) is 2.26. The Kier molecular flexibility index (Phi) is 5.06. The minimum absolute atomic E-state index is 0.311. The van der Waals surface area contributed by atoms with E-state index in [2.05, 4.69) is 50.9 Å². The van der Waals surface area contributed by atoms with Crippen molar-refractivity contribution in [1.29, 1.82) is 0 Å². The number of benzene rings is 1. The molecule has 1 atom stereocenters. The van der Waals surface area contributed by atoms with Gasteiger partial charge >= 0.3 is 0 Å². The van der Waals surface area contributed by atoms with E-state index in [1.54, 1.807) is 6.08 Å². The SMILES string of the molecule is C=CCOc1cc(C)ccc1C(C)NCC. The van der Waals surface area contributed by atoms with E-state index < -0.39 is 0 Å². The van der Waals surface area contributed by atoms with Gasteiger partial charge in [0, 0.05) is 11.6 Å². The van der Waals surface area contributed by atoms with Crippen LogP contribution in [0.2, 0.25) is 0 Å². The second-order valence-corrected chi connectivity index (χ2v) is 3.92. The second-order valence-electron chi connectivity index (χ2n) is 3.92. The van der Waals surface area contributed by atoms with Crippen LogP contribution in [0.1, 0.15) is 31.0 Å². The molecule has 0 aliphatic rings. The number of aryl methyl sites for hydroxylation is 1. The maximum absolute atomic E-state index is 5.68. The van der Waals surface area contributed by atoms with E-state index >= 15 is 0 Å². The van der Waals surface area contributed by atoms with Gasteiger partial charge in [0.05, 0.1) is 0 Å². The summed E-state index contributed by atoms with van der Waals surface area (Å²) in [4.78, 5) is 0. The molecule has 0 aliphatic carbocycles. The first-order chi connectivity index (χ1) is 7.69. The smallest absolute Gasteiger partial charge is 0.124 e. The number of hydrogen-bond donors (Lipinski definition) is 1. The molecule has 16 heavy (non-hydrogen) atoms. The Hall–Kier alpha value is -1.28. The minimum Gasteiger partial charge on any atom is -0.489 e. The molecule has 1 rings (SSSR count). The van der Waals surface area contributed by atoms with Gasteiger partial charge in [-0.05, 0) is 32.0 Å². The largest absolute Gasteiger partial charge is 0.489 e. The summed E-state index contributed by atoms with van der Waals surface area (Å²) in [5.74, 6) is 0.952. The fourth-order valence-electron chi connectivity index (χ4n) is 1.69. The fourth-order valence-corrected chi connectivity index (χ4v) is 1.69. The summed E-state index contributed by atoms with van der Waals surface area (Å²) in [6, 6.07) is 6.63. The highest BCUT2D eigenvalue weighted by Gasteiger charge is 2.10. The van der Waals surface area contributed by atoms with Gasteiger partial charge in [-0.3, -0.25) is 0 Å². The number of hydrogen-bond acceptors (Lipinski definition) is 2. The Labute approximate surface area is 98.3 Å². The lowest BCUT2D eigenvalue weighted by Crippen LogP contribution is -2.18. The van der Waals surface area contributed by atoms with Crippen LogP contribution >= 0.6 is 0 Å². The zero-order chi connectivity index (χ0) is 12.0. The van der Waals surface area contributed by atoms with Crippen LogP contribution in [0.3, 0.4) is 0 Å². The summed E-state index contributed by atoms with van der Waals surface area (Å²) >= 11 is 0. The van der Waals surface area contributed by atoms with Gasteiger partial charge in [0.25, 0.3) is 0 Å². The van der Waals surface area contributed by atoms with Crippen LogP contribution in [-0.4, -0.2) is 13.2 Å². The van der Waals surface area contributed by atoms with Gasteiger partial charge in [-0.15, -0.1) is 0 Å². The van der Waals surface area contributed by atoms with Crippen molar-refractivity contribution in [2.24, 2.45) is 0 Å². The van der Waals surface area contributed by atoms with Crippen molar-refractivity contribution < 1.29 is 4.74 Å². The lowest BCUT2D eigenvalue weighted by atomic mass is 10.0. The highest BCUT2D eigenvalue weighted by atomic mass is 16.5. The van der Waals surface area contributed by atoms with Crippen LogP contribution < -0.4 is 10.1 Å². The monoisotopic (exact) mass is 219 g/mol. The Morgan fingerprint density at radius 1 is 1.50 bits per heavy atom. The molecule has 0 spiro atoms. The minimum atomic E-state index is 0.311. The zero-order valence-electron chi connectivity index (χ0n) is 10.4. The normalized spacial score (nSPS) is 12.2. The van der Waals surface area contributed by atoms with Gasteiger partial charge in [0.2, 0.25) is 0 Å². The van der Waals surface area contributed by atoms with Gasteiger partial charge in [-0.1, -0.05) is 31.7 Å². The van der Waals surface area contributed by atoms with Gasteiger partial charge in [-0.2, -0.15) is 0 Å². The predicted octanol–water partition coefficient (Wildman–Crippen LogP) is 3.23. The van der Waals surface area contributed by atoms with Crippen molar-refractivity contribution in [3.8, 4) is 5.75 Å². The van der Waals surface area contributed by atoms with Gasteiger partial charge in [0.1, 0.15) is 12.4 Å². The van der Waals surface area contributed by atoms with Crippen molar-refractivity contribution in [1.82, 2.24) is 5.32 Å². The summed E-state index contributed by atoms with van der Waals surface area (Å²) in [7, 11) is 0. The van der Waals surface area contributed by atoms with Crippen molar-refractivity contribution in [3.63, 3.8) is 0 Å². The molecule has 2 nitrogen and oxygen atoms in total. The molecule has 2 heteroatoms. The zero-order valence-corrected chi connectivity index (χ0v) is 10.4. The van der Waals surface area contributed by atoms with E-state index in [4.69, 9.17) is 4.74 Å². The molecule has 0 heterocycles. The van der Waals surface area contributed by atoms with Crippen LogP contribution in [0, 0.1) is 6.92 Å². The van der Waals surface area contributed by atoms with Crippen molar-refractivity contribution in [2.75, 3.05) is 13.2 Å². The Balaban J connectivity index is 2.91. The first-order valence-corrected chi connectivity index (χ1v) is 5.76. The molecule has 0 bridgehead atoms. The van der Waals surface area contributed by atoms with Crippen LogP contribution in [0.5, 0.6) is 5.75 Å². The summed E-state index contributed by atoms with van der Waals surface area (Å²) in [5, 5.41) is 3.39. The Morgan fingerprint density at radius 2 is 2.25 bits per heavy atom. The number of ether oxygens (including phenoxy) is 1. The average molecular weight is 219 g/mol. The lowest BCUT2D eigenvalue weighted by Gasteiger charge is -2.17. The molecule has 1 aromatic carbocycles. The van der Waals surface area contributed by atoms with Crippen LogP contribution in [-0.2, 0) is 0 Å². The first kappa shape index (κ1) is 12.8. The Bertz CT molecular complexity index is 347. The third kappa shape index (κ3) is 3.38. The quantitative estimate of drug-likeness (QED) is 0.742. The molecule has 0 radical (unpaired) electrons. The van der Waals surface area contributed by atoms with Crippen LogP contribution in [0.4, 0.5) is 0 Å². The highest BCUT2D eigenvalue weighted by Crippen LogP contribution is 2.26. The lowest BCUT2D eigenvalue weighted by molar-refractivity contribution is 0.354. The van der Waals surface area contributed by atoms with E-state index in [1.807, 2.05) is 0 Å². The highest BCUT2D eigenvalue weighted by molar-refractivity contribution is 5.39. The van der Waals surface area contributed by atoms with E-state index in [1.165, 1.54) is 11.1 Å². The van der Waals surface area contributed by atoms with Gasteiger partial charge in [-0.25, -0.2) is 0 Å². The number of nitrogens with one attached hydrogen (secondary N) is 1. The van der Waals surface area contributed by atoms with E-state index in [-0.39, 0.29) is 0 Å². The molecule has 1 aromatic rings. The molecule has 0 aromatic heterocycles. The van der Waals surface area contributed by atoms with Crippen LogP contribution in [0.15, 0.2) is 30.9 Å². The van der Waals surface area contributed by atoms with Crippen LogP contribution in [0.25, 0.3) is 0 Å². The second kappa shape index (κ2) is 6.33. The van der Waals surface area contributed by atoms with E-state index in [0.717, 1.165) is 12.3 Å². The maximum atomic E-state index is 5.68. The molecule has 1 unspecified atom stereocenters. The summed E-state index contributed by atoms with van der Waals surface area (Å²) in [6.07, 6.45) is 1.77. The fraction of sp³-hybridized carbons (Fsp3) is 0.429. The number of rotatable bonds is 6.